The molecular formula is C27H34N4. The third-order valence-electron chi connectivity index (χ3n) is 6.62. The lowest BCUT2D eigenvalue weighted by Crippen LogP contribution is -2.46. The van der Waals surface area contributed by atoms with Crippen molar-refractivity contribution in [3.63, 3.8) is 0 Å². The number of pyridine rings is 1. The Kier molecular flexibility index (Phi) is 5.90. The Morgan fingerprint density at radius 3 is 2.48 bits per heavy atom. The number of anilines is 2. The van der Waals surface area contributed by atoms with Crippen LogP contribution in [0.5, 0.6) is 0 Å². The summed E-state index contributed by atoms with van der Waals surface area (Å²) < 4.78 is 0. The quantitative estimate of drug-likeness (QED) is 0.632. The number of hydrogen-bond acceptors (Lipinski definition) is 4. The van der Waals surface area contributed by atoms with E-state index in [9.17, 15) is 0 Å². The molecule has 3 heterocycles. The molecule has 1 aromatic carbocycles. The molecule has 4 rings (SSSR count). The lowest BCUT2D eigenvalue weighted by molar-refractivity contribution is 0.366. The van der Waals surface area contributed by atoms with Crippen molar-refractivity contribution in [3.8, 4) is 0 Å². The van der Waals surface area contributed by atoms with Crippen LogP contribution in [0.3, 0.4) is 0 Å². The van der Waals surface area contributed by atoms with Crippen molar-refractivity contribution >= 4 is 23.3 Å². The molecule has 1 atom stereocenters. The maximum Gasteiger partial charge on any atom is 0.131 e. The third kappa shape index (κ3) is 4.12. The van der Waals surface area contributed by atoms with Crippen LogP contribution in [-0.4, -0.2) is 42.1 Å². The zero-order chi connectivity index (χ0) is 22.1. The Morgan fingerprint density at radius 1 is 1.13 bits per heavy atom. The van der Waals surface area contributed by atoms with E-state index in [-0.39, 0.29) is 0 Å². The van der Waals surface area contributed by atoms with Gasteiger partial charge in [-0.15, -0.1) is 0 Å². The van der Waals surface area contributed by atoms with Crippen molar-refractivity contribution in [2.45, 2.75) is 39.7 Å². The molecule has 162 valence electrons. The molecule has 1 aromatic heterocycles. The number of piperazine rings is 1. The van der Waals surface area contributed by atoms with Crippen LogP contribution in [0.25, 0.3) is 11.8 Å². The summed E-state index contributed by atoms with van der Waals surface area (Å²) in [5.74, 6) is 1.10. The Morgan fingerprint density at radius 2 is 1.87 bits per heavy atom. The van der Waals surface area contributed by atoms with E-state index in [1.54, 1.807) is 0 Å². The minimum absolute atomic E-state index is 0.492. The molecule has 2 saturated heterocycles. The molecule has 0 N–H and O–H groups in total. The van der Waals surface area contributed by atoms with E-state index in [1.165, 1.54) is 22.5 Å². The summed E-state index contributed by atoms with van der Waals surface area (Å²) in [5.41, 5.74) is 8.22. The van der Waals surface area contributed by atoms with Crippen molar-refractivity contribution in [1.82, 2.24) is 9.88 Å². The minimum atomic E-state index is 0.492. The number of aromatic nitrogens is 1. The maximum atomic E-state index is 4.68. The second-order valence-electron chi connectivity index (χ2n) is 8.87. The summed E-state index contributed by atoms with van der Waals surface area (Å²) in [4.78, 5) is 11.8. The Balaban J connectivity index is 1.48. The zero-order valence-corrected chi connectivity index (χ0v) is 19.2. The predicted octanol–water partition coefficient (Wildman–Crippen LogP) is 5.64. The smallest absolute Gasteiger partial charge is 0.131 e. The van der Waals surface area contributed by atoms with Crippen LogP contribution < -0.4 is 9.80 Å². The van der Waals surface area contributed by atoms with Gasteiger partial charge in [-0.3, -0.25) is 0 Å². The van der Waals surface area contributed by atoms with Gasteiger partial charge < -0.3 is 14.7 Å². The van der Waals surface area contributed by atoms with Gasteiger partial charge in [0.1, 0.15) is 5.82 Å². The molecule has 0 radical (unpaired) electrons. The molecule has 1 unspecified atom stereocenters. The molecule has 2 fully saturated rings. The summed E-state index contributed by atoms with van der Waals surface area (Å²) in [6.45, 7) is 23.1. The molecule has 4 heteroatoms. The van der Waals surface area contributed by atoms with Gasteiger partial charge in [0.05, 0.1) is 0 Å². The number of hydrogen-bond donors (Lipinski definition) is 0. The normalized spacial score (nSPS) is 19.1. The number of benzene rings is 1. The highest BCUT2D eigenvalue weighted by Crippen LogP contribution is 2.35. The highest BCUT2D eigenvalue weighted by atomic mass is 15.3. The van der Waals surface area contributed by atoms with E-state index in [0.717, 1.165) is 61.7 Å². The molecule has 2 aromatic rings. The molecule has 2 aliphatic rings. The summed E-state index contributed by atoms with van der Waals surface area (Å²) >= 11 is 0. The van der Waals surface area contributed by atoms with Gasteiger partial charge in [0.15, 0.2) is 0 Å². The average Bonchev–Trinajstić information content (AvgIpc) is 3.11. The Labute approximate surface area is 187 Å². The van der Waals surface area contributed by atoms with Crippen LogP contribution in [-0.2, 0) is 0 Å². The number of nitrogens with zero attached hydrogens (tertiary/aromatic N) is 4. The first-order valence-electron chi connectivity index (χ1n) is 11.2. The molecule has 0 aliphatic carbocycles. The monoisotopic (exact) mass is 414 g/mol. The first kappa shape index (κ1) is 21.2. The summed E-state index contributed by atoms with van der Waals surface area (Å²) in [5, 5.41) is 0. The zero-order valence-electron chi connectivity index (χ0n) is 19.2. The van der Waals surface area contributed by atoms with Crippen molar-refractivity contribution < 1.29 is 0 Å². The van der Waals surface area contributed by atoms with Crippen LogP contribution in [0.1, 0.15) is 42.0 Å². The molecule has 2 aliphatic heterocycles. The van der Waals surface area contributed by atoms with E-state index in [2.05, 4.69) is 84.5 Å². The molecule has 4 nitrogen and oxygen atoms in total. The SMILES string of the molecule is C=Cc1cc(N2C(=C)CCC2C)ccc1C(=C)N1CCN(c2ncc(C)cc2C)CC1. The van der Waals surface area contributed by atoms with E-state index in [0.29, 0.717) is 6.04 Å². The molecule has 31 heavy (non-hydrogen) atoms. The second kappa shape index (κ2) is 8.62. The van der Waals surface area contributed by atoms with Gasteiger partial charge in [-0.25, -0.2) is 4.98 Å². The molecule has 0 amide bonds. The second-order valence-corrected chi connectivity index (χ2v) is 8.87. The molecule has 0 spiro atoms. The number of rotatable bonds is 5. The maximum absolute atomic E-state index is 4.68. The largest absolute Gasteiger partial charge is 0.368 e. The molecule has 0 bridgehead atoms. The lowest BCUT2D eigenvalue weighted by Gasteiger charge is -2.38. The van der Waals surface area contributed by atoms with Crippen LogP contribution in [0.4, 0.5) is 11.5 Å². The topological polar surface area (TPSA) is 22.6 Å². The molecular weight excluding hydrogens is 380 g/mol. The van der Waals surface area contributed by atoms with Crippen LogP contribution in [0, 0.1) is 13.8 Å². The number of allylic oxidation sites excluding steroid dienone is 1. The standard InChI is InChI=1S/C27H34N4/c1-7-24-17-25(31-21(4)8-9-22(31)5)10-11-26(24)23(6)29-12-14-30(15-13-29)27-20(3)16-19(2)18-28-27/h7,10-11,16-18,22H,1,4,6,8-9,12-15H2,2-3,5H3. The summed E-state index contributed by atoms with van der Waals surface area (Å²) in [6.07, 6.45) is 6.14. The van der Waals surface area contributed by atoms with Gasteiger partial charge in [-0.1, -0.05) is 37.9 Å². The van der Waals surface area contributed by atoms with Crippen molar-refractivity contribution in [3.05, 3.63) is 78.1 Å². The average molecular weight is 415 g/mol. The highest BCUT2D eigenvalue weighted by molar-refractivity contribution is 5.75. The van der Waals surface area contributed by atoms with E-state index in [1.807, 2.05) is 12.3 Å². The minimum Gasteiger partial charge on any atom is -0.368 e. The Hall–Kier alpha value is -3.01. The van der Waals surface area contributed by atoms with E-state index < -0.39 is 0 Å². The molecule has 0 saturated carbocycles. The third-order valence-corrected chi connectivity index (χ3v) is 6.62. The van der Waals surface area contributed by atoms with Gasteiger partial charge in [0, 0.05) is 61.1 Å². The first-order valence-corrected chi connectivity index (χ1v) is 11.2. The highest BCUT2D eigenvalue weighted by Gasteiger charge is 2.26. The fraction of sp³-hybridized carbons (Fsp3) is 0.370. The van der Waals surface area contributed by atoms with Crippen molar-refractivity contribution in [2.75, 3.05) is 36.0 Å². The summed E-state index contributed by atoms with van der Waals surface area (Å²) in [7, 11) is 0. The van der Waals surface area contributed by atoms with Gasteiger partial charge in [0.2, 0.25) is 0 Å². The first-order chi connectivity index (χ1) is 14.9. The van der Waals surface area contributed by atoms with Gasteiger partial charge in [0.25, 0.3) is 0 Å². The van der Waals surface area contributed by atoms with Gasteiger partial charge >= 0.3 is 0 Å². The fourth-order valence-corrected chi connectivity index (χ4v) is 4.90. The van der Waals surface area contributed by atoms with Crippen LogP contribution in [0.15, 0.2) is 55.9 Å². The van der Waals surface area contributed by atoms with Crippen LogP contribution >= 0.6 is 0 Å². The predicted molar refractivity (Wildman–Crippen MR) is 133 cm³/mol. The number of aryl methyl sites for hydroxylation is 2. The summed E-state index contributed by atoms with van der Waals surface area (Å²) in [6, 6.07) is 9.34. The fourth-order valence-electron chi connectivity index (χ4n) is 4.90. The van der Waals surface area contributed by atoms with Crippen molar-refractivity contribution in [2.24, 2.45) is 0 Å². The van der Waals surface area contributed by atoms with Crippen molar-refractivity contribution in [1.29, 1.82) is 0 Å². The lowest BCUT2D eigenvalue weighted by atomic mass is 10.0. The van der Waals surface area contributed by atoms with Crippen LogP contribution in [0.2, 0.25) is 0 Å². The Bertz CT molecular complexity index is 1010. The van der Waals surface area contributed by atoms with Gasteiger partial charge in [-0.05, 0) is 62.4 Å². The van der Waals surface area contributed by atoms with E-state index >= 15 is 0 Å². The van der Waals surface area contributed by atoms with E-state index in [4.69, 9.17) is 0 Å². The van der Waals surface area contributed by atoms with Gasteiger partial charge in [-0.2, -0.15) is 0 Å².